The van der Waals surface area contributed by atoms with E-state index in [1.165, 1.54) is 16.9 Å². The van der Waals surface area contributed by atoms with Crippen molar-refractivity contribution < 1.29 is 9.53 Å². The van der Waals surface area contributed by atoms with Gasteiger partial charge in [0.1, 0.15) is 10.5 Å². The first-order valence-electron chi connectivity index (χ1n) is 11.7. The highest BCUT2D eigenvalue weighted by atomic mass is 32.1. The van der Waals surface area contributed by atoms with Gasteiger partial charge in [-0.25, -0.2) is 0 Å². The lowest BCUT2D eigenvalue weighted by Crippen LogP contribution is -2.32. The van der Waals surface area contributed by atoms with Gasteiger partial charge in [0.25, 0.3) is 5.56 Å². The van der Waals surface area contributed by atoms with Crippen molar-refractivity contribution in [2.75, 3.05) is 13.7 Å². The van der Waals surface area contributed by atoms with Gasteiger partial charge >= 0.3 is 0 Å². The highest BCUT2D eigenvalue weighted by Gasteiger charge is 2.17. The summed E-state index contributed by atoms with van der Waals surface area (Å²) >= 11 is 1.43. The van der Waals surface area contributed by atoms with Crippen molar-refractivity contribution in [1.29, 1.82) is 0 Å². The van der Waals surface area contributed by atoms with Crippen molar-refractivity contribution in [2.45, 2.75) is 58.0 Å². The van der Waals surface area contributed by atoms with Gasteiger partial charge in [0.05, 0.1) is 5.52 Å². The zero-order valence-electron chi connectivity index (χ0n) is 19.7. The molecule has 0 aliphatic heterocycles. The molecule has 1 amide bonds. The molecule has 3 aromatic heterocycles. The molecule has 0 radical (unpaired) electrons. The number of ether oxygens (including phenoxy) is 1. The summed E-state index contributed by atoms with van der Waals surface area (Å²) in [6.45, 7) is 3.13. The Labute approximate surface area is 202 Å². The molecular formula is C25H31N5O3S. The second-order valence-corrected chi connectivity index (χ2v) is 9.45. The summed E-state index contributed by atoms with van der Waals surface area (Å²) in [7, 11) is 1.65. The van der Waals surface area contributed by atoms with Crippen LogP contribution in [-0.2, 0) is 28.9 Å². The molecule has 0 aliphatic rings. The number of carbonyl (C=O) groups excluding carboxylic acids is 1. The summed E-state index contributed by atoms with van der Waals surface area (Å²) in [4.78, 5) is 25.4. The van der Waals surface area contributed by atoms with Crippen LogP contribution in [0.1, 0.15) is 44.0 Å². The molecule has 1 N–H and O–H groups in total. The number of aromatic nitrogens is 4. The lowest BCUT2D eigenvalue weighted by molar-refractivity contribution is -0.121. The van der Waals surface area contributed by atoms with Gasteiger partial charge in [0.2, 0.25) is 11.7 Å². The molecular weight excluding hydrogens is 450 g/mol. The van der Waals surface area contributed by atoms with Crippen LogP contribution in [0, 0.1) is 0 Å². The fourth-order valence-corrected chi connectivity index (χ4v) is 4.99. The van der Waals surface area contributed by atoms with E-state index in [0.29, 0.717) is 49.3 Å². The van der Waals surface area contributed by atoms with Crippen molar-refractivity contribution in [1.82, 2.24) is 24.5 Å². The molecule has 8 nitrogen and oxygen atoms in total. The Bertz CT molecular complexity index is 1290. The molecule has 3 heterocycles. The van der Waals surface area contributed by atoms with Crippen LogP contribution in [0.25, 0.3) is 16.0 Å². The van der Waals surface area contributed by atoms with E-state index in [-0.39, 0.29) is 17.5 Å². The fourth-order valence-electron chi connectivity index (χ4n) is 4.17. The predicted octanol–water partition coefficient (Wildman–Crippen LogP) is 3.60. The number of nitrogens with one attached hydrogen (secondary N) is 1. The standard InChI is InChI=1S/C25H31N5O3S/c1-18(12-13-19-8-4-3-5-9-19)26-22(31)11-6-10-21-27-28-25-29(15-7-16-33-2)24(32)23-20(30(21)25)14-17-34-23/h3-5,8-9,14,17-18H,6-7,10-13,15-16H2,1-2H3,(H,26,31)/t18-/m0/s1. The molecule has 0 saturated heterocycles. The molecule has 4 rings (SSSR count). The van der Waals surface area contributed by atoms with E-state index in [9.17, 15) is 9.59 Å². The molecule has 34 heavy (non-hydrogen) atoms. The number of carbonyl (C=O) groups is 1. The van der Waals surface area contributed by atoms with E-state index in [1.807, 2.05) is 41.0 Å². The zero-order chi connectivity index (χ0) is 23.9. The normalized spacial score (nSPS) is 12.4. The first kappa shape index (κ1) is 24.1. The van der Waals surface area contributed by atoms with Crippen LogP contribution in [0.5, 0.6) is 0 Å². The smallest absolute Gasteiger partial charge is 0.272 e. The summed E-state index contributed by atoms with van der Waals surface area (Å²) in [5, 5.41) is 13.7. The monoisotopic (exact) mass is 481 g/mol. The van der Waals surface area contributed by atoms with Crippen molar-refractivity contribution in [3.05, 3.63) is 63.5 Å². The summed E-state index contributed by atoms with van der Waals surface area (Å²) in [6, 6.07) is 12.4. The maximum atomic E-state index is 13.0. The second kappa shape index (κ2) is 11.4. The van der Waals surface area contributed by atoms with Gasteiger partial charge in [-0.1, -0.05) is 30.3 Å². The summed E-state index contributed by atoms with van der Waals surface area (Å²) in [6.07, 6.45) is 4.25. The Morgan fingerprint density at radius 3 is 2.76 bits per heavy atom. The van der Waals surface area contributed by atoms with Gasteiger partial charge in [-0.2, -0.15) is 0 Å². The first-order valence-corrected chi connectivity index (χ1v) is 12.6. The topological polar surface area (TPSA) is 90.5 Å². The van der Waals surface area contributed by atoms with Crippen LogP contribution < -0.4 is 10.9 Å². The van der Waals surface area contributed by atoms with E-state index in [2.05, 4.69) is 27.6 Å². The minimum atomic E-state index is -0.0450. The number of nitrogens with zero attached hydrogens (tertiary/aromatic N) is 4. The molecule has 180 valence electrons. The number of rotatable bonds is 12. The molecule has 0 fully saturated rings. The Kier molecular flexibility index (Phi) is 8.08. The van der Waals surface area contributed by atoms with Gasteiger partial charge in [-0.3, -0.25) is 18.6 Å². The van der Waals surface area contributed by atoms with Crippen LogP contribution in [-0.4, -0.2) is 44.8 Å². The Balaban J connectivity index is 1.38. The molecule has 0 aliphatic carbocycles. The zero-order valence-corrected chi connectivity index (χ0v) is 20.5. The van der Waals surface area contributed by atoms with Crippen LogP contribution in [0.3, 0.4) is 0 Å². The van der Waals surface area contributed by atoms with Gasteiger partial charge in [0.15, 0.2) is 0 Å². The highest BCUT2D eigenvalue weighted by molar-refractivity contribution is 7.17. The average molecular weight is 482 g/mol. The van der Waals surface area contributed by atoms with E-state index in [1.54, 1.807) is 11.7 Å². The van der Waals surface area contributed by atoms with Crippen LogP contribution >= 0.6 is 11.3 Å². The van der Waals surface area contributed by atoms with Gasteiger partial charge in [-0.15, -0.1) is 21.5 Å². The number of thiophene rings is 1. The second-order valence-electron chi connectivity index (χ2n) is 8.54. The minimum absolute atomic E-state index is 0.0450. The Morgan fingerprint density at radius 2 is 1.97 bits per heavy atom. The fraction of sp³-hybridized carbons (Fsp3) is 0.440. The molecule has 9 heteroatoms. The molecule has 0 saturated carbocycles. The largest absolute Gasteiger partial charge is 0.385 e. The van der Waals surface area contributed by atoms with E-state index in [4.69, 9.17) is 4.74 Å². The molecule has 0 unspecified atom stereocenters. The lowest BCUT2D eigenvalue weighted by atomic mass is 10.1. The number of aryl methyl sites for hydroxylation is 3. The van der Waals surface area contributed by atoms with Crippen molar-refractivity contribution in [3.8, 4) is 0 Å². The number of hydrogen-bond acceptors (Lipinski definition) is 6. The Hall–Kier alpha value is -3.04. The third-order valence-electron chi connectivity index (χ3n) is 5.93. The maximum Gasteiger partial charge on any atom is 0.272 e. The van der Waals surface area contributed by atoms with Gasteiger partial charge in [0, 0.05) is 39.1 Å². The van der Waals surface area contributed by atoms with Crippen LogP contribution in [0.2, 0.25) is 0 Å². The Morgan fingerprint density at radius 1 is 1.15 bits per heavy atom. The molecule has 1 atom stereocenters. The SMILES string of the molecule is COCCCn1c(=O)c2sccc2n2c(CCCC(=O)N[C@@H](C)CCc3ccccc3)nnc12. The van der Waals surface area contributed by atoms with Crippen LogP contribution in [0.15, 0.2) is 46.6 Å². The first-order chi connectivity index (χ1) is 16.6. The number of amides is 1. The summed E-state index contributed by atoms with van der Waals surface area (Å²) < 4.78 is 9.47. The number of methoxy groups -OCH3 is 1. The van der Waals surface area contributed by atoms with Gasteiger partial charge in [-0.05, 0) is 49.6 Å². The third kappa shape index (κ3) is 5.53. The molecule has 0 bridgehead atoms. The summed E-state index contributed by atoms with van der Waals surface area (Å²) in [5.74, 6) is 1.36. The lowest BCUT2D eigenvalue weighted by Gasteiger charge is -2.14. The summed E-state index contributed by atoms with van der Waals surface area (Å²) in [5.41, 5.74) is 2.06. The number of benzene rings is 1. The third-order valence-corrected chi connectivity index (χ3v) is 6.82. The van der Waals surface area contributed by atoms with Gasteiger partial charge < -0.3 is 10.1 Å². The number of fused-ring (bicyclic) bond motifs is 3. The van der Waals surface area contributed by atoms with Crippen molar-refractivity contribution in [3.63, 3.8) is 0 Å². The molecule has 4 aromatic rings. The van der Waals surface area contributed by atoms with Crippen molar-refractivity contribution >= 4 is 33.2 Å². The molecule has 0 spiro atoms. The van der Waals surface area contributed by atoms with E-state index in [0.717, 1.165) is 24.2 Å². The quantitative estimate of drug-likeness (QED) is 0.312. The average Bonchev–Trinajstić information content (AvgIpc) is 3.48. The van der Waals surface area contributed by atoms with E-state index < -0.39 is 0 Å². The minimum Gasteiger partial charge on any atom is -0.385 e. The van der Waals surface area contributed by atoms with Crippen LogP contribution in [0.4, 0.5) is 0 Å². The highest BCUT2D eigenvalue weighted by Crippen LogP contribution is 2.20. The maximum absolute atomic E-state index is 13.0. The predicted molar refractivity (Wildman–Crippen MR) is 134 cm³/mol. The van der Waals surface area contributed by atoms with E-state index >= 15 is 0 Å². The van der Waals surface area contributed by atoms with Crippen molar-refractivity contribution in [2.24, 2.45) is 0 Å². The molecule has 1 aromatic carbocycles. The number of hydrogen-bond donors (Lipinski definition) is 1.